The van der Waals surface area contributed by atoms with Crippen LogP contribution in [-0.4, -0.2) is 35.2 Å². The predicted molar refractivity (Wildman–Crippen MR) is 105 cm³/mol. The molecule has 2 aliphatic rings. The summed E-state index contributed by atoms with van der Waals surface area (Å²) in [6, 6.07) is 16.4. The lowest BCUT2D eigenvalue weighted by Gasteiger charge is -2.26. The lowest BCUT2D eigenvalue weighted by Crippen LogP contribution is -2.37. The monoisotopic (exact) mass is 389 g/mol. The van der Waals surface area contributed by atoms with E-state index < -0.39 is 12.1 Å². The Morgan fingerprint density at radius 3 is 2.38 bits per heavy atom. The molecular weight excluding hydrogens is 370 g/mol. The lowest BCUT2D eigenvalue weighted by molar-refractivity contribution is 0.0690. The van der Waals surface area contributed by atoms with E-state index >= 15 is 0 Å². The molecule has 5 rings (SSSR count). The van der Waals surface area contributed by atoms with Crippen LogP contribution < -0.4 is 0 Å². The molecule has 3 aromatic rings. The number of benzene rings is 2. The van der Waals surface area contributed by atoms with Gasteiger partial charge in [0.25, 0.3) is 0 Å². The molecule has 146 valence electrons. The van der Waals surface area contributed by atoms with Gasteiger partial charge in [-0.15, -0.1) is 0 Å². The quantitative estimate of drug-likeness (QED) is 0.723. The number of ether oxygens (including phenoxy) is 1. The number of carboxylic acid groups (broad SMARTS) is 1. The summed E-state index contributed by atoms with van der Waals surface area (Å²) < 4.78 is 11.0. The van der Waals surface area contributed by atoms with Crippen LogP contribution in [0.15, 0.2) is 59.2 Å². The Morgan fingerprint density at radius 2 is 1.72 bits per heavy atom. The van der Waals surface area contributed by atoms with E-state index in [2.05, 4.69) is 24.3 Å². The van der Waals surface area contributed by atoms with Gasteiger partial charge >= 0.3 is 12.1 Å². The van der Waals surface area contributed by atoms with E-state index in [1.54, 1.807) is 0 Å². The van der Waals surface area contributed by atoms with Gasteiger partial charge in [-0.3, -0.25) is 0 Å². The first-order valence-corrected chi connectivity index (χ1v) is 9.56. The highest BCUT2D eigenvalue weighted by atomic mass is 16.6. The molecule has 1 aliphatic carbocycles. The smallest absolute Gasteiger partial charge is 0.410 e. The Labute approximate surface area is 167 Å². The fraction of sp³-hybridized carbons (Fsp3) is 0.217. The van der Waals surface area contributed by atoms with E-state index in [0.29, 0.717) is 24.3 Å². The molecule has 1 amide bonds. The van der Waals surface area contributed by atoms with Crippen LogP contribution >= 0.6 is 0 Å². The highest BCUT2D eigenvalue weighted by Gasteiger charge is 2.32. The van der Waals surface area contributed by atoms with Crippen LogP contribution in [0.5, 0.6) is 0 Å². The van der Waals surface area contributed by atoms with Crippen molar-refractivity contribution in [2.75, 3.05) is 13.2 Å². The number of amides is 1. The van der Waals surface area contributed by atoms with Gasteiger partial charge in [-0.2, -0.15) is 0 Å². The fourth-order valence-corrected chi connectivity index (χ4v) is 4.33. The normalized spacial score (nSPS) is 14.8. The summed E-state index contributed by atoms with van der Waals surface area (Å²) >= 11 is 0. The molecule has 2 heterocycles. The summed E-state index contributed by atoms with van der Waals surface area (Å²) in [6.45, 7) is 0.869. The maximum absolute atomic E-state index is 12.7. The maximum Gasteiger partial charge on any atom is 0.410 e. The zero-order valence-corrected chi connectivity index (χ0v) is 15.6. The van der Waals surface area contributed by atoms with Gasteiger partial charge in [0, 0.05) is 24.4 Å². The Morgan fingerprint density at radius 1 is 1.07 bits per heavy atom. The van der Waals surface area contributed by atoms with Crippen molar-refractivity contribution < 1.29 is 23.8 Å². The minimum atomic E-state index is -1.05. The third-order valence-electron chi connectivity index (χ3n) is 5.76. The summed E-state index contributed by atoms with van der Waals surface area (Å²) in [5.41, 5.74) is 5.33. The third kappa shape index (κ3) is 2.88. The summed E-state index contributed by atoms with van der Waals surface area (Å²) in [5, 5.41) is 9.29. The molecule has 0 radical (unpaired) electrons. The molecule has 1 aliphatic heterocycles. The van der Waals surface area contributed by atoms with Gasteiger partial charge in [-0.25, -0.2) is 9.59 Å². The highest BCUT2D eigenvalue weighted by Crippen LogP contribution is 2.44. The van der Waals surface area contributed by atoms with E-state index in [-0.39, 0.29) is 24.6 Å². The topological polar surface area (TPSA) is 80.0 Å². The van der Waals surface area contributed by atoms with Crippen LogP contribution in [0.3, 0.4) is 0 Å². The molecule has 6 nitrogen and oxygen atoms in total. The molecular formula is C23H19NO5. The number of furan rings is 1. The molecule has 6 heteroatoms. The molecule has 0 saturated carbocycles. The first kappa shape index (κ1) is 17.6. The number of hydrogen-bond donors (Lipinski definition) is 1. The van der Waals surface area contributed by atoms with Gasteiger partial charge in [0.05, 0.1) is 6.54 Å². The largest absolute Gasteiger partial charge is 0.478 e. The van der Waals surface area contributed by atoms with Crippen molar-refractivity contribution in [3.63, 3.8) is 0 Å². The number of aromatic carboxylic acids is 1. The van der Waals surface area contributed by atoms with E-state index in [4.69, 9.17) is 9.15 Å². The van der Waals surface area contributed by atoms with Gasteiger partial charge in [-0.1, -0.05) is 48.5 Å². The molecule has 0 saturated heterocycles. The van der Waals surface area contributed by atoms with E-state index in [1.807, 2.05) is 24.3 Å². The first-order chi connectivity index (χ1) is 14.1. The van der Waals surface area contributed by atoms with Gasteiger partial charge < -0.3 is 19.2 Å². The molecule has 1 N–H and O–H groups in total. The number of carbonyl (C=O) groups excluding carboxylic acids is 1. The van der Waals surface area contributed by atoms with Crippen molar-refractivity contribution in [1.29, 1.82) is 0 Å². The van der Waals surface area contributed by atoms with Gasteiger partial charge in [0.15, 0.2) is 0 Å². The highest BCUT2D eigenvalue weighted by molar-refractivity contribution is 5.89. The standard InChI is InChI=1S/C23H19NO5/c25-22(26)20-13-28-21-9-10-24(11-18(20)21)23(27)29-12-19-16-7-3-1-5-14(16)15-6-2-4-8-17(15)19/h1-8,13,19H,9-12H2,(H,25,26). The molecule has 0 atom stereocenters. The van der Waals surface area contributed by atoms with Crippen LogP contribution in [0.4, 0.5) is 4.79 Å². The molecule has 0 fully saturated rings. The SMILES string of the molecule is O=C(O)c1coc2c1CN(C(=O)OCC1c3ccccc3-c3ccccc31)CC2. The number of rotatable bonds is 3. The number of nitrogens with zero attached hydrogens (tertiary/aromatic N) is 1. The number of hydrogen-bond acceptors (Lipinski definition) is 4. The van der Waals surface area contributed by atoms with Crippen molar-refractivity contribution in [1.82, 2.24) is 4.90 Å². The Hall–Kier alpha value is -3.54. The van der Waals surface area contributed by atoms with E-state index in [0.717, 1.165) is 11.1 Å². The Kier molecular flexibility index (Phi) is 4.12. The minimum absolute atomic E-state index is 0.00444. The van der Waals surface area contributed by atoms with Crippen LogP contribution in [0, 0.1) is 0 Å². The summed E-state index contributed by atoms with van der Waals surface area (Å²) in [7, 11) is 0. The van der Waals surface area contributed by atoms with Crippen LogP contribution in [-0.2, 0) is 17.7 Å². The second kappa shape index (κ2) is 6.81. The maximum atomic E-state index is 12.7. The summed E-state index contributed by atoms with van der Waals surface area (Å²) in [4.78, 5) is 25.6. The van der Waals surface area contributed by atoms with E-state index in [1.165, 1.54) is 22.3 Å². The predicted octanol–water partition coefficient (Wildman–Crippen LogP) is 4.29. The van der Waals surface area contributed by atoms with Crippen molar-refractivity contribution in [2.24, 2.45) is 0 Å². The van der Waals surface area contributed by atoms with Gasteiger partial charge in [0.1, 0.15) is 24.2 Å². The molecule has 0 unspecified atom stereocenters. The Balaban J connectivity index is 1.33. The second-order valence-electron chi connectivity index (χ2n) is 7.33. The van der Waals surface area contributed by atoms with Crippen LogP contribution in [0.1, 0.15) is 38.7 Å². The average Bonchev–Trinajstić information content (AvgIpc) is 3.31. The Bertz CT molecular complexity index is 1070. The number of carbonyl (C=O) groups is 2. The molecule has 0 bridgehead atoms. The molecule has 0 spiro atoms. The first-order valence-electron chi connectivity index (χ1n) is 9.56. The minimum Gasteiger partial charge on any atom is -0.478 e. The van der Waals surface area contributed by atoms with Crippen molar-refractivity contribution in [3.8, 4) is 11.1 Å². The fourth-order valence-electron chi connectivity index (χ4n) is 4.33. The van der Waals surface area contributed by atoms with Crippen LogP contribution in [0.2, 0.25) is 0 Å². The summed E-state index contributed by atoms with van der Waals surface area (Å²) in [5.74, 6) is -0.426. The number of fused-ring (bicyclic) bond motifs is 4. The number of carboxylic acids is 1. The zero-order valence-electron chi connectivity index (χ0n) is 15.6. The lowest BCUT2D eigenvalue weighted by atomic mass is 9.98. The third-order valence-corrected chi connectivity index (χ3v) is 5.76. The van der Waals surface area contributed by atoms with Gasteiger partial charge in [0.2, 0.25) is 0 Å². The van der Waals surface area contributed by atoms with Crippen molar-refractivity contribution in [2.45, 2.75) is 18.9 Å². The molecule has 29 heavy (non-hydrogen) atoms. The average molecular weight is 389 g/mol. The van der Waals surface area contributed by atoms with Gasteiger partial charge in [-0.05, 0) is 22.3 Å². The molecule has 1 aromatic heterocycles. The van der Waals surface area contributed by atoms with Crippen molar-refractivity contribution >= 4 is 12.1 Å². The van der Waals surface area contributed by atoms with E-state index in [9.17, 15) is 14.7 Å². The summed E-state index contributed by atoms with van der Waals surface area (Å²) in [6.07, 6.45) is 1.29. The van der Waals surface area contributed by atoms with Crippen LogP contribution in [0.25, 0.3) is 11.1 Å². The van der Waals surface area contributed by atoms with Crippen molar-refractivity contribution in [3.05, 3.63) is 82.8 Å². The second-order valence-corrected chi connectivity index (χ2v) is 7.33. The molecule has 2 aromatic carbocycles. The zero-order chi connectivity index (χ0) is 20.0.